The average molecular weight is 307 g/mol. The molecule has 6 heteroatoms. The Balaban J connectivity index is 2.58. The van der Waals surface area contributed by atoms with E-state index in [4.69, 9.17) is 15.2 Å². The van der Waals surface area contributed by atoms with Crippen molar-refractivity contribution in [3.05, 3.63) is 45.2 Å². The molecule has 1 aliphatic rings. The minimum Gasteiger partial charge on any atom is -0.462 e. The average Bonchev–Trinajstić information content (AvgIpc) is 2.90. The van der Waals surface area contributed by atoms with Crippen LogP contribution in [0.5, 0.6) is 0 Å². The highest BCUT2D eigenvalue weighted by Crippen LogP contribution is 2.41. The van der Waals surface area contributed by atoms with Gasteiger partial charge in [-0.05, 0) is 32.2 Å². The van der Waals surface area contributed by atoms with Crippen molar-refractivity contribution in [1.29, 1.82) is 0 Å². The van der Waals surface area contributed by atoms with Gasteiger partial charge in [-0.2, -0.15) is 0 Å². The van der Waals surface area contributed by atoms with E-state index < -0.39 is 11.9 Å². The van der Waals surface area contributed by atoms with Crippen LogP contribution >= 0.6 is 11.3 Å². The maximum absolute atomic E-state index is 12.2. The van der Waals surface area contributed by atoms with Gasteiger partial charge in [0.15, 0.2) is 5.78 Å². The molecule has 2 rings (SSSR count). The van der Waals surface area contributed by atoms with Gasteiger partial charge in [0, 0.05) is 10.5 Å². The summed E-state index contributed by atoms with van der Waals surface area (Å²) >= 11 is 1.45. The fourth-order valence-electron chi connectivity index (χ4n) is 2.38. The molecule has 0 amide bonds. The molecular weight excluding hydrogens is 290 g/mol. The molecule has 2 heterocycles. The van der Waals surface area contributed by atoms with Gasteiger partial charge in [0.25, 0.3) is 0 Å². The second-order valence-corrected chi connectivity index (χ2v) is 5.55. The summed E-state index contributed by atoms with van der Waals surface area (Å²) in [5, 5.41) is 1.89. The molecule has 0 bridgehead atoms. The summed E-state index contributed by atoms with van der Waals surface area (Å²) in [6.45, 7) is 5.07. The smallest absolute Gasteiger partial charge is 0.340 e. The molecular formula is C15H17NO4S. The number of esters is 1. The Kier molecular flexibility index (Phi) is 4.47. The molecule has 1 aromatic rings. The molecule has 21 heavy (non-hydrogen) atoms. The van der Waals surface area contributed by atoms with Crippen LogP contribution in [0.15, 0.2) is 40.3 Å². The maximum Gasteiger partial charge on any atom is 0.340 e. The molecule has 0 aliphatic carbocycles. The fraction of sp³-hybridized carbons (Fsp3) is 0.333. The van der Waals surface area contributed by atoms with Gasteiger partial charge < -0.3 is 15.2 Å². The van der Waals surface area contributed by atoms with E-state index in [1.165, 1.54) is 18.3 Å². The number of ether oxygens (including phenoxy) is 2. The standard InChI is InChI=1S/C15H17NO4S/c1-4-19-15(18)13-12(10-6-5-7-21-10)11(8(2)17)9(3)20-14(13)16/h5-7,12H,4,16H2,1-3H3/t12-/m0/s1. The first kappa shape index (κ1) is 15.3. The number of allylic oxidation sites excluding steroid dienone is 2. The first-order chi connectivity index (χ1) is 9.97. The normalized spacial score (nSPS) is 18.5. The number of hydrogen-bond donors (Lipinski definition) is 1. The zero-order valence-corrected chi connectivity index (χ0v) is 13.0. The van der Waals surface area contributed by atoms with Gasteiger partial charge in [0.05, 0.1) is 12.5 Å². The van der Waals surface area contributed by atoms with Crippen LogP contribution in [0.2, 0.25) is 0 Å². The summed E-state index contributed by atoms with van der Waals surface area (Å²) in [4.78, 5) is 25.1. The Morgan fingerprint density at radius 1 is 1.43 bits per heavy atom. The Hall–Kier alpha value is -2.08. The van der Waals surface area contributed by atoms with Crippen LogP contribution in [-0.4, -0.2) is 18.4 Å². The van der Waals surface area contributed by atoms with Crippen molar-refractivity contribution in [3.63, 3.8) is 0 Å². The monoisotopic (exact) mass is 307 g/mol. The number of nitrogens with two attached hydrogens (primary N) is 1. The van der Waals surface area contributed by atoms with Crippen molar-refractivity contribution >= 4 is 23.1 Å². The molecule has 2 N–H and O–H groups in total. The van der Waals surface area contributed by atoms with Crippen LogP contribution in [0.25, 0.3) is 0 Å². The highest BCUT2D eigenvalue weighted by Gasteiger charge is 2.38. The summed E-state index contributed by atoms with van der Waals surface area (Å²) in [5.74, 6) is -0.823. The van der Waals surface area contributed by atoms with Crippen molar-refractivity contribution in [3.8, 4) is 0 Å². The van der Waals surface area contributed by atoms with E-state index in [0.29, 0.717) is 11.3 Å². The van der Waals surface area contributed by atoms with Crippen LogP contribution in [0, 0.1) is 0 Å². The third kappa shape index (κ3) is 2.85. The molecule has 1 aliphatic heterocycles. The molecule has 0 spiro atoms. The lowest BCUT2D eigenvalue weighted by Gasteiger charge is -2.27. The highest BCUT2D eigenvalue weighted by molar-refractivity contribution is 7.10. The van der Waals surface area contributed by atoms with E-state index >= 15 is 0 Å². The van der Waals surface area contributed by atoms with Crippen LogP contribution in [0.3, 0.4) is 0 Å². The number of carbonyl (C=O) groups is 2. The molecule has 0 unspecified atom stereocenters. The number of ketones is 1. The van der Waals surface area contributed by atoms with E-state index in [-0.39, 0.29) is 23.8 Å². The minimum absolute atomic E-state index is 0.00523. The minimum atomic E-state index is -0.556. The molecule has 0 aromatic carbocycles. The van der Waals surface area contributed by atoms with Crippen LogP contribution in [0.4, 0.5) is 0 Å². The van der Waals surface area contributed by atoms with Crippen LogP contribution in [-0.2, 0) is 19.1 Å². The van der Waals surface area contributed by atoms with Gasteiger partial charge in [0.2, 0.25) is 5.88 Å². The SMILES string of the molecule is CCOC(=O)C1=C(N)OC(C)=C(C(C)=O)[C@@H]1c1cccs1. The second kappa shape index (κ2) is 6.13. The molecule has 0 fully saturated rings. The van der Waals surface area contributed by atoms with Gasteiger partial charge in [0.1, 0.15) is 11.3 Å². The lowest BCUT2D eigenvalue weighted by molar-refractivity contribution is -0.139. The van der Waals surface area contributed by atoms with Crippen molar-refractivity contribution in [2.45, 2.75) is 26.7 Å². The zero-order valence-electron chi connectivity index (χ0n) is 12.1. The molecule has 0 saturated heterocycles. The van der Waals surface area contributed by atoms with Gasteiger partial charge >= 0.3 is 5.97 Å². The number of rotatable bonds is 4. The van der Waals surface area contributed by atoms with Crippen molar-refractivity contribution in [2.24, 2.45) is 5.73 Å². The first-order valence-corrected chi connectivity index (χ1v) is 7.45. The third-order valence-electron chi connectivity index (χ3n) is 3.19. The number of thiophene rings is 1. The molecule has 0 saturated carbocycles. The van der Waals surface area contributed by atoms with Crippen LogP contribution < -0.4 is 5.73 Å². The first-order valence-electron chi connectivity index (χ1n) is 6.57. The van der Waals surface area contributed by atoms with Gasteiger partial charge in [-0.25, -0.2) is 4.79 Å². The second-order valence-electron chi connectivity index (χ2n) is 4.57. The maximum atomic E-state index is 12.2. The van der Waals surface area contributed by atoms with Gasteiger partial charge in [-0.1, -0.05) is 6.07 Å². The predicted octanol–water partition coefficient (Wildman–Crippen LogP) is 2.46. The zero-order chi connectivity index (χ0) is 15.6. The highest BCUT2D eigenvalue weighted by atomic mass is 32.1. The van der Waals surface area contributed by atoms with E-state index in [1.807, 2.05) is 17.5 Å². The van der Waals surface area contributed by atoms with E-state index in [1.54, 1.807) is 13.8 Å². The van der Waals surface area contributed by atoms with Crippen molar-refractivity contribution < 1.29 is 19.1 Å². The Morgan fingerprint density at radius 3 is 2.67 bits per heavy atom. The van der Waals surface area contributed by atoms with Crippen molar-refractivity contribution in [2.75, 3.05) is 6.61 Å². The predicted molar refractivity (Wildman–Crippen MR) is 79.4 cm³/mol. The number of Topliss-reactive ketones (excluding diaryl/α,β-unsaturated/α-hetero) is 1. The summed E-state index contributed by atoms with van der Waals surface area (Å²) < 4.78 is 10.4. The molecule has 0 radical (unpaired) electrons. The van der Waals surface area contributed by atoms with Crippen LogP contribution in [0.1, 0.15) is 31.6 Å². The molecule has 5 nitrogen and oxygen atoms in total. The van der Waals surface area contributed by atoms with E-state index in [0.717, 1.165) is 4.88 Å². The largest absolute Gasteiger partial charge is 0.462 e. The summed E-state index contributed by atoms with van der Waals surface area (Å²) in [7, 11) is 0. The fourth-order valence-corrected chi connectivity index (χ4v) is 3.23. The topological polar surface area (TPSA) is 78.6 Å². The van der Waals surface area contributed by atoms with E-state index in [9.17, 15) is 9.59 Å². The molecule has 112 valence electrons. The number of carbonyl (C=O) groups excluding carboxylic acids is 2. The summed E-state index contributed by atoms with van der Waals surface area (Å²) in [6.07, 6.45) is 0. The Morgan fingerprint density at radius 2 is 2.14 bits per heavy atom. The van der Waals surface area contributed by atoms with Gasteiger partial charge in [-0.3, -0.25) is 4.79 Å². The Labute approximate surface area is 127 Å². The number of hydrogen-bond acceptors (Lipinski definition) is 6. The Bertz CT molecular complexity index is 628. The third-order valence-corrected chi connectivity index (χ3v) is 4.12. The van der Waals surface area contributed by atoms with Gasteiger partial charge in [-0.15, -0.1) is 11.3 Å². The lowest BCUT2D eigenvalue weighted by Crippen LogP contribution is -2.28. The summed E-state index contributed by atoms with van der Waals surface area (Å²) in [6, 6.07) is 3.73. The quantitative estimate of drug-likeness (QED) is 0.864. The van der Waals surface area contributed by atoms with E-state index in [2.05, 4.69) is 0 Å². The lowest BCUT2D eigenvalue weighted by atomic mass is 9.85. The van der Waals surface area contributed by atoms with Crippen molar-refractivity contribution in [1.82, 2.24) is 0 Å². The molecule has 1 aromatic heterocycles. The molecule has 1 atom stereocenters. The summed E-state index contributed by atoms with van der Waals surface area (Å²) in [5.41, 5.74) is 6.50.